The zero-order valence-corrected chi connectivity index (χ0v) is 18.5. The van der Waals surface area contributed by atoms with E-state index in [0.717, 1.165) is 68.2 Å². The molecule has 0 radical (unpaired) electrons. The van der Waals surface area contributed by atoms with E-state index in [1.165, 1.54) is 5.56 Å². The average Bonchev–Trinajstić information content (AvgIpc) is 3.36. The lowest BCUT2D eigenvalue weighted by Crippen LogP contribution is -2.42. The van der Waals surface area contributed by atoms with Gasteiger partial charge in [0.15, 0.2) is 5.65 Å². The van der Waals surface area contributed by atoms with Crippen LogP contribution >= 0.6 is 0 Å². The molecule has 0 saturated carbocycles. The van der Waals surface area contributed by atoms with Crippen molar-refractivity contribution >= 4 is 11.2 Å². The van der Waals surface area contributed by atoms with E-state index < -0.39 is 0 Å². The van der Waals surface area contributed by atoms with Gasteiger partial charge in [0.25, 0.3) is 0 Å². The topological polar surface area (TPSA) is 79.8 Å². The van der Waals surface area contributed by atoms with Crippen LogP contribution in [0.2, 0.25) is 0 Å². The molecule has 3 aromatic heterocycles. The highest BCUT2D eigenvalue weighted by molar-refractivity contribution is 5.68. The number of nitrogens with zero attached hydrogens (tertiary/aromatic N) is 5. The Bertz CT molecular complexity index is 950. The van der Waals surface area contributed by atoms with Gasteiger partial charge in [0.1, 0.15) is 17.7 Å². The molecular formula is C23H32N6O. The summed E-state index contributed by atoms with van der Waals surface area (Å²) in [5.41, 5.74) is 4.00. The molecule has 7 nitrogen and oxygen atoms in total. The van der Waals surface area contributed by atoms with Gasteiger partial charge >= 0.3 is 0 Å². The molecule has 0 spiro atoms. The van der Waals surface area contributed by atoms with Crippen LogP contribution in [0.1, 0.15) is 50.7 Å². The monoisotopic (exact) mass is 408 g/mol. The van der Waals surface area contributed by atoms with Crippen LogP contribution in [-0.2, 0) is 16.7 Å². The van der Waals surface area contributed by atoms with Crippen LogP contribution in [0.25, 0.3) is 11.2 Å². The maximum absolute atomic E-state index is 5.96. The zero-order valence-electron chi connectivity index (χ0n) is 18.5. The number of nitrogens with one attached hydrogen (secondary N) is 1. The lowest BCUT2D eigenvalue weighted by molar-refractivity contribution is 0.0382. The number of hydrogen-bond donors (Lipinski definition) is 1. The van der Waals surface area contributed by atoms with Gasteiger partial charge in [0.05, 0.1) is 12.8 Å². The van der Waals surface area contributed by atoms with Crippen molar-refractivity contribution in [1.82, 2.24) is 29.8 Å². The Morgan fingerprint density at radius 2 is 2.10 bits per heavy atom. The molecular weight excluding hydrogens is 376 g/mol. The predicted molar refractivity (Wildman–Crippen MR) is 117 cm³/mol. The molecule has 0 aromatic carbocycles. The molecule has 1 saturated heterocycles. The summed E-state index contributed by atoms with van der Waals surface area (Å²) in [6.45, 7) is 12.3. The normalized spacial score (nSPS) is 20.3. The number of aromatic amines is 1. The van der Waals surface area contributed by atoms with E-state index in [4.69, 9.17) is 4.74 Å². The SMILES string of the molecule is CCOC[C@@]1(CCc2nc3ncncc3[nH]2)CCN(C(C)(C)c2ccc(C)nc2)C1. The van der Waals surface area contributed by atoms with Crippen molar-refractivity contribution in [2.24, 2.45) is 5.41 Å². The molecule has 3 aromatic rings. The maximum atomic E-state index is 5.96. The van der Waals surface area contributed by atoms with Crippen molar-refractivity contribution in [3.8, 4) is 0 Å². The lowest BCUT2D eigenvalue weighted by atomic mass is 9.82. The smallest absolute Gasteiger partial charge is 0.180 e. The molecule has 0 amide bonds. The van der Waals surface area contributed by atoms with Crippen molar-refractivity contribution in [2.75, 3.05) is 26.3 Å². The van der Waals surface area contributed by atoms with Gasteiger partial charge in [-0.2, -0.15) is 0 Å². The van der Waals surface area contributed by atoms with Gasteiger partial charge < -0.3 is 9.72 Å². The van der Waals surface area contributed by atoms with E-state index in [0.29, 0.717) is 0 Å². The number of hydrogen-bond acceptors (Lipinski definition) is 6. The summed E-state index contributed by atoms with van der Waals surface area (Å²) in [4.78, 5) is 23.4. The Balaban J connectivity index is 1.50. The van der Waals surface area contributed by atoms with Crippen LogP contribution in [0.5, 0.6) is 0 Å². The highest BCUT2D eigenvalue weighted by Crippen LogP contribution is 2.41. The van der Waals surface area contributed by atoms with E-state index in [1.54, 1.807) is 12.5 Å². The molecule has 7 heteroatoms. The Hall–Kier alpha value is -2.38. The van der Waals surface area contributed by atoms with Gasteiger partial charge in [-0.05, 0) is 58.7 Å². The third-order valence-corrected chi connectivity index (χ3v) is 6.56. The van der Waals surface area contributed by atoms with Crippen LogP contribution < -0.4 is 0 Å². The number of imidazole rings is 1. The van der Waals surface area contributed by atoms with Crippen LogP contribution in [-0.4, -0.2) is 56.1 Å². The molecule has 4 heterocycles. The Morgan fingerprint density at radius 1 is 1.23 bits per heavy atom. The van der Waals surface area contributed by atoms with Gasteiger partial charge in [0, 0.05) is 42.4 Å². The fraction of sp³-hybridized carbons (Fsp3) is 0.565. The second-order valence-electron chi connectivity index (χ2n) is 9.00. The minimum Gasteiger partial charge on any atom is -0.381 e. The number of pyridine rings is 1. The molecule has 0 unspecified atom stereocenters. The largest absolute Gasteiger partial charge is 0.381 e. The molecule has 30 heavy (non-hydrogen) atoms. The summed E-state index contributed by atoms with van der Waals surface area (Å²) in [7, 11) is 0. The fourth-order valence-corrected chi connectivity index (χ4v) is 4.45. The van der Waals surface area contributed by atoms with Crippen molar-refractivity contribution in [3.05, 3.63) is 47.9 Å². The number of H-pyrrole nitrogens is 1. The van der Waals surface area contributed by atoms with E-state index >= 15 is 0 Å². The first-order valence-electron chi connectivity index (χ1n) is 10.8. The predicted octanol–water partition coefficient (Wildman–Crippen LogP) is 3.65. The molecule has 0 bridgehead atoms. The summed E-state index contributed by atoms with van der Waals surface area (Å²) in [5.74, 6) is 0.974. The minimum absolute atomic E-state index is 0.0659. The Kier molecular flexibility index (Phi) is 5.84. The van der Waals surface area contributed by atoms with Crippen molar-refractivity contribution in [1.29, 1.82) is 0 Å². The van der Waals surface area contributed by atoms with Crippen LogP contribution in [0.15, 0.2) is 30.9 Å². The summed E-state index contributed by atoms with van der Waals surface area (Å²) >= 11 is 0. The molecule has 1 atom stereocenters. The van der Waals surface area contributed by atoms with E-state index in [2.05, 4.69) is 62.7 Å². The summed E-state index contributed by atoms with van der Waals surface area (Å²) in [6.07, 6.45) is 8.37. The van der Waals surface area contributed by atoms with Gasteiger partial charge in [-0.15, -0.1) is 0 Å². The summed E-state index contributed by atoms with van der Waals surface area (Å²) in [6, 6.07) is 4.31. The van der Waals surface area contributed by atoms with E-state index in [1.807, 2.05) is 13.1 Å². The quantitative estimate of drug-likeness (QED) is 0.613. The average molecular weight is 409 g/mol. The molecule has 0 aliphatic carbocycles. The highest BCUT2D eigenvalue weighted by atomic mass is 16.5. The first-order valence-corrected chi connectivity index (χ1v) is 10.8. The second-order valence-corrected chi connectivity index (χ2v) is 9.00. The summed E-state index contributed by atoms with van der Waals surface area (Å²) in [5, 5.41) is 0. The number of rotatable bonds is 8. The zero-order chi connectivity index (χ0) is 21.2. The molecule has 1 aliphatic rings. The molecule has 1 fully saturated rings. The molecule has 160 valence electrons. The molecule has 1 N–H and O–H groups in total. The number of fused-ring (bicyclic) bond motifs is 1. The fourth-order valence-electron chi connectivity index (χ4n) is 4.45. The molecule has 4 rings (SSSR count). The maximum Gasteiger partial charge on any atom is 0.180 e. The number of aryl methyl sites for hydroxylation is 2. The van der Waals surface area contributed by atoms with Crippen molar-refractivity contribution < 1.29 is 4.74 Å². The molecule has 1 aliphatic heterocycles. The van der Waals surface area contributed by atoms with Crippen LogP contribution in [0.3, 0.4) is 0 Å². The third-order valence-electron chi connectivity index (χ3n) is 6.56. The highest BCUT2D eigenvalue weighted by Gasteiger charge is 2.43. The van der Waals surface area contributed by atoms with E-state index in [-0.39, 0.29) is 11.0 Å². The van der Waals surface area contributed by atoms with Crippen LogP contribution in [0, 0.1) is 12.3 Å². The first kappa shape index (κ1) is 20.9. The van der Waals surface area contributed by atoms with Gasteiger partial charge in [-0.1, -0.05) is 6.07 Å². The van der Waals surface area contributed by atoms with E-state index in [9.17, 15) is 0 Å². The van der Waals surface area contributed by atoms with Crippen LogP contribution in [0.4, 0.5) is 0 Å². The Labute approximate surface area is 178 Å². The second kappa shape index (κ2) is 8.40. The van der Waals surface area contributed by atoms with Crippen molar-refractivity contribution in [3.63, 3.8) is 0 Å². The van der Waals surface area contributed by atoms with Crippen molar-refractivity contribution in [2.45, 2.75) is 52.5 Å². The summed E-state index contributed by atoms with van der Waals surface area (Å²) < 4.78 is 5.96. The van der Waals surface area contributed by atoms with Gasteiger partial charge in [-0.3, -0.25) is 9.88 Å². The minimum atomic E-state index is -0.0659. The van der Waals surface area contributed by atoms with Gasteiger partial charge in [0.2, 0.25) is 0 Å². The number of aromatic nitrogens is 5. The number of ether oxygens (including phenoxy) is 1. The van der Waals surface area contributed by atoms with Gasteiger partial charge in [-0.25, -0.2) is 15.0 Å². The third kappa shape index (κ3) is 4.23. The first-order chi connectivity index (χ1) is 14.4. The standard InChI is InChI=1S/C23H32N6O/c1-5-30-15-23(9-8-20-27-19-13-24-16-26-21(19)28-20)10-11-29(14-23)22(3,4)18-7-6-17(2)25-12-18/h6-7,12-13,16H,5,8-11,14-15H2,1-4H3,(H,24,26,27,28)/t23-/m0/s1. The Morgan fingerprint density at radius 3 is 2.83 bits per heavy atom. The lowest BCUT2D eigenvalue weighted by Gasteiger charge is -2.38. The number of likely N-dealkylation sites (tertiary alicyclic amines) is 1.